The molecule has 0 saturated carbocycles. The van der Waals surface area contributed by atoms with Crippen LogP contribution < -0.4 is 10.6 Å². The summed E-state index contributed by atoms with van der Waals surface area (Å²) in [5.74, 6) is -0.522. The summed E-state index contributed by atoms with van der Waals surface area (Å²) in [7, 11) is 1.81. The van der Waals surface area contributed by atoms with Crippen LogP contribution in [-0.2, 0) is 6.54 Å². The van der Waals surface area contributed by atoms with Gasteiger partial charge in [0, 0.05) is 31.5 Å². The van der Waals surface area contributed by atoms with Crippen LogP contribution >= 0.6 is 0 Å². The Morgan fingerprint density at radius 3 is 2.58 bits per heavy atom. The molecule has 98 valence electrons. The molecular formula is C14H15FN4. The molecule has 0 aliphatic carbocycles. The van der Waals surface area contributed by atoms with Gasteiger partial charge in [0.25, 0.3) is 0 Å². The van der Waals surface area contributed by atoms with Crippen molar-refractivity contribution in [3.8, 4) is 0 Å². The van der Waals surface area contributed by atoms with Gasteiger partial charge in [0.05, 0.1) is 5.69 Å². The number of rotatable bonds is 4. The molecule has 19 heavy (non-hydrogen) atoms. The van der Waals surface area contributed by atoms with E-state index in [2.05, 4.69) is 4.98 Å². The minimum atomic E-state index is -0.385. The molecule has 0 fully saturated rings. The number of hydrogen-bond acceptors (Lipinski definition) is 3. The zero-order valence-corrected chi connectivity index (χ0v) is 10.6. The SMILES string of the molecule is CN(Cc1ccncc1)c1ccc(C(=N)N)cc1F. The number of amidine groups is 1. The van der Waals surface area contributed by atoms with E-state index >= 15 is 0 Å². The Morgan fingerprint density at radius 1 is 1.32 bits per heavy atom. The van der Waals surface area contributed by atoms with Gasteiger partial charge in [-0.15, -0.1) is 0 Å². The molecule has 0 amide bonds. The highest BCUT2D eigenvalue weighted by Crippen LogP contribution is 2.20. The van der Waals surface area contributed by atoms with E-state index in [-0.39, 0.29) is 11.7 Å². The van der Waals surface area contributed by atoms with E-state index in [1.807, 2.05) is 19.2 Å². The summed E-state index contributed by atoms with van der Waals surface area (Å²) in [4.78, 5) is 5.74. The number of benzene rings is 1. The molecule has 2 rings (SSSR count). The predicted octanol–water partition coefficient (Wildman–Crippen LogP) is 2.14. The lowest BCUT2D eigenvalue weighted by molar-refractivity contribution is 0.622. The fourth-order valence-corrected chi connectivity index (χ4v) is 1.83. The molecule has 0 bridgehead atoms. The van der Waals surface area contributed by atoms with Crippen molar-refractivity contribution in [3.05, 3.63) is 59.7 Å². The van der Waals surface area contributed by atoms with Gasteiger partial charge in [-0.1, -0.05) is 0 Å². The maximum atomic E-state index is 14.0. The molecule has 1 aromatic heterocycles. The Morgan fingerprint density at radius 2 is 2.00 bits per heavy atom. The Labute approximate surface area is 111 Å². The second kappa shape index (κ2) is 5.48. The van der Waals surface area contributed by atoms with Crippen molar-refractivity contribution in [2.24, 2.45) is 5.73 Å². The fourth-order valence-electron chi connectivity index (χ4n) is 1.83. The third kappa shape index (κ3) is 3.07. The third-order valence-corrected chi connectivity index (χ3v) is 2.84. The van der Waals surface area contributed by atoms with E-state index in [0.29, 0.717) is 17.8 Å². The van der Waals surface area contributed by atoms with Gasteiger partial charge in [-0.25, -0.2) is 4.39 Å². The number of hydrogen-bond donors (Lipinski definition) is 2. The van der Waals surface area contributed by atoms with E-state index in [4.69, 9.17) is 11.1 Å². The zero-order chi connectivity index (χ0) is 13.8. The van der Waals surface area contributed by atoms with Gasteiger partial charge in [-0.3, -0.25) is 10.4 Å². The molecule has 1 heterocycles. The Bertz CT molecular complexity index is 583. The average Bonchev–Trinajstić information content (AvgIpc) is 2.39. The maximum absolute atomic E-state index is 14.0. The molecule has 2 aromatic rings. The topological polar surface area (TPSA) is 66.0 Å². The maximum Gasteiger partial charge on any atom is 0.147 e. The van der Waals surface area contributed by atoms with Gasteiger partial charge in [-0.2, -0.15) is 0 Å². The summed E-state index contributed by atoms with van der Waals surface area (Å²) < 4.78 is 14.0. The van der Waals surface area contributed by atoms with E-state index in [1.165, 1.54) is 6.07 Å². The first kappa shape index (κ1) is 13.0. The second-order valence-corrected chi connectivity index (χ2v) is 4.29. The summed E-state index contributed by atoms with van der Waals surface area (Å²) in [6, 6.07) is 8.33. The highest BCUT2D eigenvalue weighted by molar-refractivity contribution is 5.95. The Hall–Kier alpha value is -2.43. The normalized spacial score (nSPS) is 10.2. The number of nitrogens with two attached hydrogens (primary N) is 1. The number of nitrogens with one attached hydrogen (secondary N) is 1. The summed E-state index contributed by atoms with van der Waals surface area (Å²) in [6.45, 7) is 0.582. The molecule has 1 aromatic carbocycles. The first-order valence-corrected chi connectivity index (χ1v) is 5.82. The number of nitrogens with zero attached hydrogens (tertiary/aromatic N) is 2. The van der Waals surface area contributed by atoms with Gasteiger partial charge in [0.1, 0.15) is 11.7 Å². The lowest BCUT2D eigenvalue weighted by Crippen LogP contribution is -2.18. The highest BCUT2D eigenvalue weighted by Gasteiger charge is 2.09. The lowest BCUT2D eigenvalue weighted by Gasteiger charge is -2.20. The standard InChI is InChI=1S/C14H15FN4/c1-19(9-10-4-6-18-7-5-10)13-3-2-11(14(16)17)8-12(13)15/h2-8H,9H2,1H3,(H3,16,17). The second-order valence-electron chi connectivity index (χ2n) is 4.29. The van der Waals surface area contributed by atoms with Crippen LogP contribution in [-0.4, -0.2) is 17.9 Å². The van der Waals surface area contributed by atoms with Gasteiger partial charge in [-0.05, 0) is 35.9 Å². The van der Waals surface area contributed by atoms with E-state index in [9.17, 15) is 4.39 Å². The summed E-state index contributed by atoms with van der Waals surface area (Å²) in [5.41, 5.74) is 7.24. The van der Waals surface area contributed by atoms with Crippen molar-refractivity contribution in [1.29, 1.82) is 5.41 Å². The fraction of sp³-hybridized carbons (Fsp3) is 0.143. The first-order valence-electron chi connectivity index (χ1n) is 5.82. The van der Waals surface area contributed by atoms with Crippen molar-refractivity contribution >= 4 is 11.5 Å². The van der Waals surface area contributed by atoms with Crippen LogP contribution in [0.2, 0.25) is 0 Å². The van der Waals surface area contributed by atoms with E-state index in [1.54, 1.807) is 29.4 Å². The molecule has 5 heteroatoms. The van der Waals surface area contributed by atoms with Crippen molar-refractivity contribution in [3.63, 3.8) is 0 Å². The van der Waals surface area contributed by atoms with Crippen LogP contribution in [0, 0.1) is 11.2 Å². The van der Waals surface area contributed by atoms with Crippen LogP contribution in [0.15, 0.2) is 42.7 Å². The molecule has 0 unspecified atom stereocenters. The molecule has 0 aliphatic rings. The number of anilines is 1. The van der Waals surface area contributed by atoms with Crippen molar-refractivity contribution < 1.29 is 4.39 Å². The summed E-state index contributed by atoms with van der Waals surface area (Å²) >= 11 is 0. The molecule has 0 aliphatic heterocycles. The number of nitrogen functional groups attached to an aromatic ring is 1. The molecular weight excluding hydrogens is 243 g/mol. The summed E-state index contributed by atoms with van der Waals surface area (Å²) in [6.07, 6.45) is 3.41. The molecule has 0 spiro atoms. The minimum absolute atomic E-state index is 0.137. The smallest absolute Gasteiger partial charge is 0.147 e. The third-order valence-electron chi connectivity index (χ3n) is 2.84. The molecule has 0 atom stereocenters. The Balaban J connectivity index is 2.20. The molecule has 0 radical (unpaired) electrons. The quantitative estimate of drug-likeness (QED) is 0.652. The summed E-state index contributed by atoms with van der Waals surface area (Å²) in [5, 5.41) is 7.28. The predicted molar refractivity (Wildman–Crippen MR) is 73.8 cm³/mol. The molecule has 3 N–H and O–H groups in total. The number of aromatic nitrogens is 1. The average molecular weight is 258 g/mol. The van der Waals surface area contributed by atoms with Crippen molar-refractivity contribution in [2.45, 2.75) is 6.54 Å². The number of halogens is 1. The van der Waals surface area contributed by atoms with E-state index in [0.717, 1.165) is 5.56 Å². The van der Waals surface area contributed by atoms with Crippen LogP contribution in [0.25, 0.3) is 0 Å². The van der Waals surface area contributed by atoms with Gasteiger partial charge >= 0.3 is 0 Å². The van der Waals surface area contributed by atoms with Crippen molar-refractivity contribution in [2.75, 3.05) is 11.9 Å². The first-order chi connectivity index (χ1) is 9.08. The molecule has 4 nitrogen and oxygen atoms in total. The monoisotopic (exact) mass is 258 g/mol. The Kier molecular flexibility index (Phi) is 3.75. The zero-order valence-electron chi connectivity index (χ0n) is 10.6. The van der Waals surface area contributed by atoms with Gasteiger partial charge in [0.15, 0.2) is 0 Å². The minimum Gasteiger partial charge on any atom is -0.384 e. The largest absolute Gasteiger partial charge is 0.384 e. The van der Waals surface area contributed by atoms with Crippen LogP contribution in [0.5, 0.6) is 0 Å². The number of pyridine rings is 1. The van der Waals surface area contributed by atoms with Gasteiger partial charge < -0.3 is 10.6 Å². The van der Waals surface area contributed by atoms with E-state index < -0.39 is 0 Å². The lowest BCUT2D eigenvalue weighted by atomic mass is 10.1. The van der Waals surface area contributed by atoms with Crippen molar-refractivity contribution in [1.82, 2.24) is 4.98 Å². The van der Waals surface area contributed by atoms with Crippen LogP contribution in [0.4, 0.5) is 10.1 Å². The van der Waals surface area contributed by atoms with Gasteiger partial charge in [0.2, 0.25) is 0 Å². The van der Waals surface area contributed by atoms with Crippen LogP contribution in [0.3, 0.4) is 0 Å². The highest BCUT2D eigenvalue weighted by atomic mass is 19.1. The molecule has 0 saturated heterocycles. The van der Waals surface area contributed by atoms with Crippen LogP contribution in [0.1, 0.15) is 11.1 Å².